The van der Waals surface area contributed by atoms with Crippen LogP contribution in [-0.2, 0) is 23.9 Å². The van der Waals surface area contributed by atoms with Crippen LogP contribution in [0.4, 0.5) is 0 Å². The summed E-state index contributed by atoms with van der Waals surface area (Å²) in [5.74, 6) is -1.31. The molecule has 0 aromatic heterocycles. The topological polar surface area (TPSA) is 93.2 Å². The quantitative estimate of drug-likeness (QED) is 0.537. The van der Waals surface area contributed by atoms with Crippen molar-refractivity contribution in [2.24, 2.45) is 28.6 Å². The molecule has 6 aliphatic rings. The highest BCUT2D eigenvalue weighted by Gasteiger charge is 2.83. The SMILES string of the molecule is C[C@]12CCC(=O)C=C1CC(C(=O)O)C1C3CC[C@@]4(CCC(=O)O4)[C@@]3(C)C[C@H]3O[C@@]132. The summed E-state index contributed by atoms with van der Waals surface area (Å²) in [6.45, 7) is 4.41. The number of ether oxygens (including phenoxy) is 2. The van der Waals surface area contributed by atoms with E-state index in [4.69, 9.17) is 9.47 Å². The van der Waals surface area contributed by atoms with Crippen LogP contribution in [0.15, 0.2) is 11.6 Å². The van der Waals surface area contributed by atoms with Crippen LogP contribution in [0, 0.1) is 28.6 Å². The lowest BCUT2D eigenvalue weighted by atomic mass is 9.43. The maximum Gasteiger partial charge on any atom is 0.307 e. The molecule has 8 atom stereocenters. The lowest BCUT2D eigenvalue weighted by Crippen LogP contribution is -2.63. The first kappa shape index (κ1) is 18.1. The Morgan fingerprint density at radius 3 is 2.66 bits per heavy atom. The van der Waals surface area contributed by atoms with Gasteiger partial charge in [-0.1, -0.05) is 19.4 Å². The summed E-state index contributed by atoms with van der Waals surface area (Å²) in [4.78, 5) is 36.6. The summed E-state index contributed by atoms with van der Waals surface area (Å²) in [6.07, 6.45) is 7.07. The molecular formula is C23H28O6. The maximum atomic E-state index is 12.4. The van der Waals surface area contributed by atoms with Gasteiger partial charge in [-0.25, -0.2) is 0 Å². The molecule has 0 bridgehead atoms. The van der Waals surface area contributed by atoms with Gasteiger partial charge in [0.1, 0.15) is 11.2 Å². The zero-order chi connectivity index (χ0) is 20.4. The number of hydrogen-bond acceptors (Lipinski definition) is 5. The van der Waals surface area contributed by atoms with Gasteiger partial charge in [0.05, 0.1) is 12.0 Å². The maximum absolute atomic E-state index is 12.4. The van der Waals surface area contributed by atoms with Crippen LogP contribution in [0.2, 0.25) is 0 Å². The van der Waals surface area contributed by atoms with E-state index in [1.165, 1.54) is 0 Å². The molecule has 5 fully saturated rings. The second-order valence-corrected chi connectivity index (χ2v) is 10.8. The van der Waals surface area contributed by atoms with E-state index in [0.29, 0.717) is 19.3 Å². The molecule has 2 saturated heterocycles. The number of carbonyl (C=O) groups excluding carboxylic acids is 2. The summed E-state index contributed by atoms with van der Waals surface area (Å²) >= 11 is 0. The Kier molecular flexibility index (Phi) is 3.20. The number of esters is 1. The van der Waals surface area contributed by atoms with E-state index in [1.807, 2.05) is 0 Å². The molecule has 0 amide bonds. The van der Waals surface area contributed by atoms with E-state index < -0.39 is 23.1 Å². The van der Waals surface area contributed by atoms with Gasteiger partial charge in [0.15, 0.2) is 5.78 Å². The van der Waals surface area contributed by atoms with E-state index in [9.17, 15) is 19.5 Å². The van der Waals surface area contributed by atoms with Crippen molar-refractivity contribution in [3.05, 3.63) is 11.6 Å². The van der Waals surface area contributed by atoms with Gasteiger partial charge in [0, 0.05) is 29.6 Å². The number of carboxylic acid groups (broad SMARTS) is 1. The summed E-state index contributed by atoms with van der Waals surface area (Å²) in [5, 5.41) is 10.2. The third-order valence-electron chi connectivity index (χ3n) is 10.0. The monoisotopic (exact) mass is 400 g/mol. The van der Waals surface area contributed by atoms with Crippen LogP contribution in [-0.4, -0.2) is 40.1 Å². The Balaban J connectivity index is 1.49. The zero-order valence-corrected chi connectivity index (χ0v) is 17.0. The van der Waals surface area contributed by atoms with Gasteiger partial charge in [-0.15, -0.1) is 0 Å². The molecule has 2 heterocycles. The minimum Gasteiger partial charge on any atom is -0.481 e. The van der Waals surface area contributed by atoms with E-state index >= 15 is 0 Å². The number of rotatable bonds is 1. The van der Waals surface area contributed by atoms with E-state index in [0.717, 1.165) is 37.7 Å². The predicted octanol–water partition coefficient (Wildman–Crippen LogP) is 3.04. The van der Waals surface area contributed by atoms with Crippen molar-refractivity contribution in [1.82, 2.24) is 0 Å². The third-order valence-corrected chi connectivity index (χ3v) is 10.0. The van der Waals surface area contributed by atoms with Crippen molar-refractivity contribution < 1.29 is 29.0 Å². The second kappa shape index (κ2) is 5.13. The Labute approximate surface area is 170 Å². The van der Waals surface area contributed by atoms with Crippen LogP contribution in [0.3, 0.4) is 0 Å². The summed E-state index contributed by atoms with van der Waals surface area (Å²) < 4.78 is 12.5. The van der Waals surface area contributed by atoms with Gasteiger partial charge in [0.2, 0.25) is 0 Å². The highest BCUT2D eigenvalue weighted by Crippen LogP contribution is 2.78. The minimum atomic E-state index is -0.793. The smallest absolute Gasteiger partial charge is 0.307 e. The molecule has 2 spiro atoms. The lowest BCUT2D eigenvalue weighted by Gasteiger charge is -2.58. The standard InChI is InChI=1S/C23H28O6/c1-20-6-3-13(24)9-12(20)10-14(19(26)27)18-15-4-7-22(8-5-17(25)29-22)21(15,2)11-16-23(18,20)28-16/h9,14-16,18H,3-8,10-11H2,1-2H3,(H,26,27)/t14?,15?,16-,18?,20+,21+,22-,23-/m1/s1. The molecule has 0 aromatic rings. The average molecular weight is 400 g/mol. The third kappa shape index (κ3) is 1.86. The Morgan fingerprint density at radius 2 is 1.97 bits per heavy atom. The van der Waals surface area contributed by atoms with Crippen molar-refractivity contribution in [2.75, 3.05) is 0 Å². The second-order valence-electron chi connectivity index (χ2n) is 10.8. The number of epoxide rings is 1. The fourth-order valence-corrected chi connectivity index (χ4v) is 8.55. The molecule has 156 valence electrons. The molecule has 3 saturated carbocycles. The minimum absolute atomic E-state index is 0.0215. The molecule has 0 radical (unpaired) electrons. The normalized spacial score (nSPS) is 54.8. The first-order chi connectivity index (χ1) is 13.7. The van der Waals surface area contributed by atoms with Gasteiger partial charge in [-0.05, 0) is 50.5 Å². The summed E-state index contributed by atoms with van der Waals surface area (Å²) in [5.41, 5.74) is -0.492. The largest absolute Gasteiger partial charge is 0.481 e. The molecule has 2 aliphatic heterocycles. The average Bonchev–Trinajstić information content (AvgIpc) is 3.14. The van der Waals surface area contributed by atoms with Crippen LogP contribution >= 0.6 is 0 Å². The highest BCUT2D eigenvalue weighted by atomic mass is 16.6. The Hall–Kier alpha value is -1.69. The van der Waals surface area contributed by atoms with Crippen LogP contribution in [0.25, 0.3) is 0 Å². The van der Waals surface area contributed by atoms with Crippen molar-refractivity contribution >= 4 is 17.7 Å². The van der Waals surface area contributed by atoms with Gasteiger partial charge < -0.3 is 14.6 Å². The van der Waals surface area contributed by atoms with Gasteiger partial charge in [-0.3, -0.25) is 14.4 Å². The number of hydrogen-bond donors (Lipinski definition) is 1. The molecule has 6 heteroatoms. The first-order valence-corrected chi connectivity index (χ1v) is 11.0. The number of ketones is 1. The van der Waals surface area contributed by atoms with Crippen molar-refractivity contribution in [1.29, 1.82) is 0 Å². The predicted molar refractivity (Wildman–Crippen MR) is 101 cm³/mol. The summed E-state index contributed by atoms with van der Waals surface area (Å²) in [6, 6.07) is 0. The molecule has 3 unspecified atom stereocenters. The number of aliphatic carboxylic acids is 1. The van der Waals surface area contributed by atoms with Crippen LogP contribution in [0.5, 0.6) is 0 Å². The van der Waals surface area contributed by atoms with Crippen LogP contribution in [0.1, 0.15) is 65.2 Å². The van der Waals surface area contributed by atoms with Crippen LogP contribution < -0.4 is 0 Å². The van der Waals surface area contributed by atoms with E-state index in [-0.39, 0.29) is 40.5 Å². The number of carboxylic acids is 1. The summed E-state index contributed by atoms with van der Waals surface area (Å²) in [7, 11) is 0. The van der Waals surface area contributed by atoms with Gasteiger partial charge >= 0.3 is 11.9 Å². The van der Waals surface area contributed by atoms with E-state index in [2.05, 4.69) is 13.8 Å². The Morgan fingerprint density at radius 1 is 1.17 bits per heavy atom. The molecule has 29 heavy (non-hydrogen) atoms. The molecule has 0 aromatic carbocycles. The molecular weight excluding hydrogens is 372 g/mol. The fraction of sp³-hybridized carbons (Fsp3) is 0.783. The van der Waals surface area contributed by atoms with Crippen molar-refractivity contribution in [3.63, 3.8) is 0 Å². The van der Waals surface area contributed by atoms with E-state index in [1.54, 1.807) is 6.08 Å². The molecule has 4 aliphatic carbocycles. The zero-order valence-electron chi connectivity index (χ0n) is 17.0. The molecule has 6 rings (SSSR count). The highest BCUT2D eigenvalue weighted by molar-refractivity contribution is 5.92. The van der Waals surface area contributed by atoms with Gasteiger partial charge in [0.25, 0.3) is 0 Å². The lowest BCUT2D eigenvalue weighted by molar-refractivity contribution is -0.171. The van der Waals surface area contributed by atoms with Crippen molar-refractivity contribution in [3.8, 4) is 0 Å². The van der Waals surface area contributed by atoms with Crippen molar-refractivity contribution in [2.45, 2.75) is 82.5 Å². The fourth-order valence-electron chi connectivity index (χ4n) is 8.55. The first-order valence-electron chi connectivity index (χ1n) is 11.0. The molecule has 1 N–H and O–H groups in total. The molecule has 6 nitrogen and oxygen atoms in total. The number of fused-ring (bicyclic) bond motifs is 4. The number of carbonyl (C=O) groups is 3. The Bertz CT molecular complexity index is 892. The van der Waals surface area contributed by atoms with Gasteiger partial charge in [-0.2, -0.15) is 0 Å².